The maximum atomic E-state index is 2.58. The standard InChI is InChI=1S/C22H32/c1-19(2,3)17-6-8-18(9-7-17)22-12-16-10-20(4,14-22)13-21(5,11-16)15-22/h6-9,16H,10-15H2,1-5H3. The smallest absolute Gasteiger partial charge is 0.00340 e. The summed E-state index contributed by atoms with van der Waals surface area (Å²) in [5, 5.41) is 0. The number of hydrogen-bond donors (Lipinski definition) is 0. The molecular formula is C22H32. The van der Waals surface area contributed by atoms with Gasteiger partial charge in [0.05, 0.1) is 0 Å². The van der Waals surface area contributed by atoms with Crippen LogP contribution in [0.15, 0.2) is 24.3 Å². The summed E-state index contributed by atoms with van der Waals surface area (Å²) in [6.07, 6.45) is 8.77. The molecule has 4 saturated carbocycles. The van der Waals surface area contributed by atoms with Gasteiger partial charge in [-0.15, -0.1) is 0 Å². The van der Waals surface area contributed by atoms with Crippen LogP contribution in [0.4, 0.5) is 0 Å². The van der Waals surface area contributed by atoms with Gasteiger partial charge in [0, 0.05) is 0 Å². The van der Waals surface area contributed by atoms with Gasteiger partial charge < -0.3 is 0 Å². The van der Waals surface area contributed by atoms with Crippen LogP contribution in [0.25, 0.3) is 0 Å². The number of benzene rings is 1. The van der Waals surface area contributed by atoms with E-state index >= 15 is 0 Å². The van der Waals surface area contributed by atoms with Crippen LogP contribution >= 0.6 is 0 Å². The van der Waals surface area contributed by atoms with Crippen LogP contribution in [0.2, 0.25) is 0 Å². The highest BCUT2D eigenvalue weighted by atomic mass is 14.6. The highest BCUT2D eigenvalue weighted by Gasteiger charge is 2.60. The molecule has 0 aromatic heterocycles. The molecule has 0 aliphatic heterocycles. The molecule has 0 radical (unpaired) electrons. The fraction of sp³-hybridized carbons (Fsp3) is 0.727. The largest absolute Gasteiger partial charge is 0.0596 e. The summed E-state index contributed by atoms with van der Waals surface area (Å²) in [5.41, 5.74) is 5.07. The molecule has 1 aromatic carbocycles. The van der Waals surface area contributed by atoms with Crippen LogP contribution in [-0.2, 0) is 10.8 Å². The van der Waals surface area contributed by atoms with Crippen molar-refractivity contribution in [3.05, 3.63) is 35.4 Å². The summed E-state index contributed by atoms with van der Waals surface area (Å²) in [6.45, 7) is 12.1. The van der Waals surface area contributed by atoms with E-state index in [-0.39, 0.29) is 5.41 Å². The third kappa shape index (κ3) is 2.17. The number of hydrogen-bond acceptors (Lipinski definition) is 0. The molecule has 0 N–H and O–H groups in total. The molecule has 120 valence electrons. The average Bonchev–Trinajstić information content (AvgIpc) is 2.33. The van der Waals surface area contributed by atoms with Crippen molar-refractivity contribution in [3.63, 3.8) is 0 Å². The lowest BCUT2D eigenvalue weighted by atomic mass is 9.39. The predicted molar refractivity (Wildman–Crippen MR) is 94.2 cm³/mol. The Labute approximate surface area is 136 Å². The van der Waals surface area contributed by atoms with E-state index in [9.17, 15) is 0 Å². The Kier molecular flexibility index (Phi) is 2.82. The van der Waals surface area contributed by atoms with Crippen molar-refractivity contribution >= 4 is 0 Å². The molecule has 1 aromatic rings. The zero-order chi connectivity index (χ0) is 15.8. The zero-order valence-corrected chi connectivity index (χ0v) is 15.1. The second-order valence-electron chi connectivity index (χ2n) is 10.7. The van der Waals surface area contributed by atoms with Gasteiger partial charge in [0.25, 0.3) is 0 Å². The van der Waals surface area contributed by atoms with Gasteiger partial charge in [-0.1, -0.05) is 58.9 Å². The minimum atomic E-state index is 0.262. The quantitative estimate of drug-likeness (QED) is 0.576. The van der Waals surface area contributed by atoms with E-state index in [2.05, 4.69) is 58.9 Å². The van der Waals surface area contributed by atoms with Crippen LogP contribution < -0.4 is 0 Å². The van der Waals surface area contributed by atoms with Gasteiger partial charge in [-0.3, -0.25) is 0 Å². The maximum absolute atomic E-state index is 2.58. The lowest BCUT2D eigenvalue weighted by Crippen LogP contribution is -2.56. The summed E-state index contributed by atoms with van der Waals surface area (Å²) < 4.78 is 0. The molecule has 2 unspecified atom stereocenters. The SMILES string of the molecule is CC12CC3CC(C)(C1)CC(c1ccc(C(C)(C)C)cc1)(C3)C2. The van der Waals surface area contributed by atoms with Crippen molar-refractivity contribution in [3.8, 4) is 0 Å². The van der Waals surface area contributed by atoms with Crippen molar-refractivity contribution in [1.29, 1.82) is 0 Å². The van der Waals surface area contributed by atoms with Crippen LogP contribution in [0.5, 0.6) is 0 Å². The third-order valence-corrected chi connectivity index (χ3v) is 6.99. The van der Waals surface area contributed by atoms with Crippen molar-refractivity contribution in [2.75, 3.05) is 0 Å². The van der Waals surface area contributed by atoms with Gasteiger partial charge in [0.1, 0.15) is 0 Å². The summed E-state index contributed by atoms with van der Waals surface area (Å²) in [6, 6.07) is 9.75. The number of rotatable bonds is 1. The second kappa shape index (κ2) is 4.19. The monoisotopic (exact) mass is 296 g/mol. The molecule has 4 aliphatic rings. The first-order chi connectivity index (χ1) is 10.1. The van der Waals surface area contributed by atoms with Gasteiger partial charge in [-0.05, 0) is 77.2 Å². The van der Waals surface area contributed by atoms with E-state index in [1.807, 2.05) is 0 Å². The zero-order valence-electron chi connectivity index (χ0n) is 15.1. The van der Waals surface area contributed by atoms with Gasteiger partial charge in [-0.2, -0.15) is 0 Å². The van der Waals surface area contributed by atoms with Crippen molar-refractivity contribution in [1.82, 2.24) is 0 Å². The molecule has 0 spiro atoms. The Hall–Kier alpha value is -0.780. The first-order valence-corrected chi connectivity index (χ1v) is 9.23. The minimum absolute atomic E-state index is 0.262. The Morgan fingerprint density at radius 3 is 1.82 bits per heavy atom. The normalized spacial score (nSPS) is 43.6. The fourth-order valence-corrected chi connectivity index (χ4v) is 7.09. The molecule has 4 aliphatic carbocycles. The molecule has 4 fully saturated rings. The van der Waals surface area contributed by atoms with Gasteiger partial charge in [-0.25, -0.2) is 0 Å². The lowest BCUT2D eigenvalue weighted by Gasteiger charge is -2.65. The molecule has 5 rings (SSSR count). The van der Waals surface area contributed by atoms with E-state index in [4.69, 9.17) is 0 Å². The lowest BCUT2D eigenvalue weighted by molar-refractivity contribution is -0.110. The van der Waals surface area contributed by atoms with Gasteiger partial charge >= 0.3 is 0 Å². The highest BCUT2D eigenvalue weighted by molar-refractivity contribution is 5.35. The molecular weight excluding hydrogens is 264 g/mol. The van der Waals surface area contributed by atoms with Gasteiger partial charge in [0.2, 0.25) is 0 Å². The Morgan fingerprint density at radius 2 is 1.36 bits per heavy atom. The van der Waals surface area contributed by atoms with Crippen LogP contribution in [0, 0.1) is 16.7 Å². The Balaban J connectivity index is 1.73. The predicted octanol–water partition coefficient (Wildman–Crippen LogP) is 6.23. The van der Waals surface area contributed by atoms with E-state index in [1.54, 1.807) is 5.56 Å². The first kappa shape index (κ1) is 14.8. The van der Waals surface area contributed by atoms with E-state index in [0.29, 0.717) is 16.2 Å². The van der Waals surface area contributed by atoms with E-state index in [0.717, 1.165) is 5.92 Å². The van der Waals surface area contributed by atoms with Crippen molar-refractivity contribution in [2.24, 2.45) is 16.7 Å². The van der Waals surface area contributed by atoms with Gasteiger partial charge in [0.15, 0.2) is 0 Å². The molecule has 4 bridgehead atoms. The van der Waals surface area contributed by atoms with Crippen molar-refractivity contribution < 1.29 is 0 Å². The molecule has 2 atom stereocenters. The van der Waals surface area contributed by atoms with Crippen LogP contribution in [0.1, 0.15) is 84.3 Å². The molecule has 0 heterocycles. The molecule has 0 nitrogen and oxygen atoms in total. The molecule has 0 amide bonds. The fourth-order valence-electron chi connectivity index (χ4n) is 7.09. The van der Waals surface area contributed by atoms with Crippen LogP contribution in [0.3, 0.4) is 0 Å². The Bertz CT molecular complexity index is 567. The summed E-state index contributed by atoms with van der Waals surface area (Å²) in [5.74, 6) is 0.980. The summed E-state index contributed by atoms with van der Waals surface area (Å²) in [7, 11) is 0. The Morgan fingerprint density at radius 1 is 0.818 bits per heavy atom. The topological polar surface area (TPSA) is 0 Å². The van der Waals surface area contributed by atoms with E-state index < -0.39 is 0 Å². The molecule has 22 heavy (non-hydrogen) atoms. The highest BCUT2D eigenvalue weighted by Crippen LogP contribution is 2.69. The maximum Gasteiger partial charge on any atom is -0.00340 e. The minimum Gasteiger partial charge on any atom is -0.0596 e. The molecule has 0 heteroatoms. The van der Waals surface area contributed by atoms with E-state index in [1.165, 1.54) is 44.1 Å². The van der Waals surface area contributed by atoms with Crippen molar-refractivity contribution in [2.45, 2.75) is 84.0 Å². The summed E-state index contributed by atoms with van der Waals surface area (Å²) >= 11 is 0. The average molecular weight is 296 g/mol. The molecule has 0 saturated heterocycles. The third-order valence-electron chi connectivity index (χ3n) is 6.99. The van der Waals surface area contributed by atoms with Crippen LogP contribution in [-0.4, -0.2) is 0 Å². The second-order valence-corrected chi connectivity index (χ2v) is 10.7. The summed E-state index contributed by atoms with van der Waals surface area (Å²) in [4.78, 5) is 0. The first-order valence-electron chi connectivity index (χ1n) is 9.23.